The van der Waals surface area contributed by atoms with E-state index in [2.05, 4.69) is 10.4 Å². The van der Waals surface area contributed by atoms with Gasteiger partial charge in [-0.15, -0.1) is 0 Å². The zero-order valence-electron chi connectivity index (χ0n) is 10.1. The molecule has 0 saturated heterocycles. The second-order valence-corrected chi connectivity index (χ2v) is 3.92. The van der Waals surface area contributed by atoms with Gasteiger partial charge in [0.1, 0.15) is 5.82 Å². The van der Waals surface area contributed by atoms with Crippen LogP contribution in [0.15, 0.2) is 30.5 Å². The van der Waals surface area contributed by atoms with Crippen LogP contribution >= 0.6 is 0 Å². The van der Waals surface area contributed by atoms with Crippen LogP contribution in [0.25, 0.3) is 11.3 Å². The quantitative estimate of drug-likeness (QED) is 0.878. The molecule has 1 aromatic heterocycles. The third-order valence-electron chi connectivity index (χ3n) is 2.73. The van der Waals surface area contributed by atoms with Crippen LogP contribution in [0.2, 0.25) is 0 Å². The molecular weight excluding hydrogens is 217 g/mol. The lowest BCUT2D eigenvalue weighted by Crippen LogP contribution is -2.13. The Bertz CT molecular complexity index is 505. The van der Waals surface area contributed by atoms with Gasteiger partial charge in [0, 0.05) is 25.4 Å². The van der Waals surface area contributed by atoms with Crippen LogP contribution in [-0.2, 0) is 13.6 Å². The van der Waals surface area contributed by atoms with Crippen molar-refractivity contribution in [2.24, 2.45) is 7.05 Å². The molecule has 0 aliphatic heterocycles. The lowest BCUT2D eigenvalue weighted by atomic mass is 10.0. The van der Waals surface area contributed by atoms with Crippen LogP contribution in [0.3, 0.4) is 0 Å². The summed E-state index contributed by atoms with van der Waals surface area (Å²) < 4.78 is 15.1. The van der Waals surface area contributed by atoms with Crippen molar-refractivity contribution in [3.8, 4) is 11.3 Å². The number of hydrogen-bond donors (Lipinski definition) is 1. The highest BCUT2D eigenvalue weighted by atomic mass is 19.1. The summed E-state index contributed by atoms with van der Waals surface area (Å²) in [4.78, 5) is 0. The van der Waals surface area contributed by atoms with Crippen LogP contribution in [0.4, 0.5) is 4.39 Å². The maximum Gasteiger partial charge on any atom is 0.123 e. The van der Waals surface area contributed by atoms with Gasteiger partial charge in [-0.05, 0) is 36.4 Å². The van der Waals surface area contributed by atoms with Crippen molar-refractivity contribution in [2.45, 2.75) is 13.5 Å². The topological polar surface area (TPSA) is 29.9 Å². The molecule has 2 rings (SSSR count). The molecule has 1 heterocycles. The van der Waals surface area contributed by atoms with Crippen molar-refractivity contribution in [3.63, 3.8) is 0 Å². The van der Waals surface area contributed by atoms with Crippen molar-refractivity contribution in [3.05, 3.63) is 41.8 Å². The van der Waals surface area contributed by atoms with E-state index in [1.807, 2.05) is 20.0 Å². The molecule has 0 spiro atoms. The van der Waals surface area contributed by atoms with Crippen molar-refractivity contribution >= 4 is 0 Å². The summed E-state index contributed by atoms with van der Waals surface area (Å²) >= 11 is 0. The van der Waals surface area contributed by atoms with Crippen LogP contribution in [0, 0.1) is 5.82 Å². The molecule has 90 valence electrons. The van der Waals surface area contributed by atoms with Gasteiger partial charge in [-0.2, -0.15) is 5.10 Å². The van der Waals surface area contributed by atoms with E-state index >= 15 is 0 Å². The van der Waals surface area contributed by atoms with Crippen LogP contribution in [-0.4, -0.2) is 16.3 Å². The average Bonchev–Trinajstić information content (AvgIpc) is 2.73. The van der Waals surface area contributed by atoms with E-state index in [0.29, 0.717) is 6.54 Å². The smallest absolute Gasteiger partial charge is 0.123 e. The van der Waals surface area contributed by atoms with E-state index in [-0.39, 0.29) is 5.82 Å². The molecule has 4 heteroatoms. The number of halogens is 1. The molecule has 2 aromatic rings. The highest BCUT2D eigenvalue weighted by Gasteiger charge is 2.09. The van der Waals surface area contributed by atoms with Gasteiger partial charge >= 0.3 is 0 Å². The molecule has 3 nitrogen and oxygen atoms in total. The van der Waals surface area contributed by atoms with Gasteiger partial charge in [-0.1, -0.05) is 6.92 Å². The second-order valence-electron chi connectivity index (χ2n) is 3.92. The van der Waals surface area contributed by atoms with E-state index in [9.17, 15) is 4.39 Å². The molecule has 0 amide bonds. The van der Waals surface area contributed by atoms with E-state index < -0.39 is 0 Å². The zero-order chi connectivity index (χ0) is 12.3. The lowest BCUT2D eigenvalue weighted by molar-refractivity contribution is 0.622. The number of aromatic nitrogens is 2. The normalized spacial score (nSPS) is 10.8. The molecule has 0 radical (unpaired) electrons. The summed E-state index contributed by atoms with van der Waals surface area (Å²) in [7, 11) is 1.88. The first kappa shape index (κ1) is 11.8. The van der Waals surface area contributed by atoms with Gasteiger partial charge in [0.25, 0.3) is 0 Å². The molecule has 0 atom stereocenters. The molecule has 0 aliphatic carbocycles. The molecule has 0 bridgehead atoms. The minimum absolute atomic E-state index is 0.205. The number of nitrogens with one attached hydrogen (secondary N) is 1. The molecule has 0 fully saturated rings. The van der Waals surface area contributed by atoms with Crippen molar-refractivity contribution in [1.29, 1.82) is 0 Å². The monoisotopic (exact) mass is 233 g/mol. The molecule has 0 aliphatic rings. The summed E-state index contributed by atoms with van der Waals surface area (Å²) in [6, 6.07) is 6.80. The number of hydrogen-bond acceptors (Lipinski definition) is 2. The fourth-order valence-electron chi connectivity index (χ4n) is 1.86. The third-order valence-corrected chi connectivity index (χ3v) is 2.73. The van der Waals surface area contributed by atoms with E-state index in [1.54, 1.807) is 23.0 Å². The summed E-state index contributed by atoms with van der Waals surface area (Å²) in [6.45, 7) is 3.55. The Morgan fingerprint density at radius 2 is 2.18 bits per heavy atom. The summed E-state index contributed by atoms with van der Waals surface area (Å²) in [5.74, 6) is -0.205. The zero-order valence-corrected chi connectivity index (χ0v) is 10.1. The van der Waals surface area contributed by atoms with Crippen LogP contribution in [0.1, 0.15) is 12.5 Å². The first-order valence-electron chi connectivity index (χ1n) is 5.70. The molecular formula is C13H16FN3. The minimum Gasteiger partial charge on any atom is -0.313 e. The van der Waals surface area contributed by atoms with Gasteiger partial charge in [0.15, 0.2) is 0 Å². The molecule has 0 unspecified atom stereocenters. The minimum atomic E-state index is -0.205. The Morgan fingerprint density at radius 3 is 2.82 bits per heavy atom. The van der Waals surface area contributed by atoms with Gasteiger partial charge in [-0.3, -0.25) is 4.68 Å². The Labute approximate surface area is 100 Å². The third kappa shape index (κ3) is 2.53. The van der Waals surface area contributed by atoms with Gasteiger partial charge in [0.05, 0.1) is 5.69 Å². The Balaban J connectivity index is 2.42. The number of nitrogens with zero attached hydrogens (tertiary/aromatic N) is 2. The summed E-state index contributed by atoms with van der Waals surface area (Å²) in [5, 5.41) is 7.36. The summed E-state index contributed by atoms with van der Waals surface area (Å²) in [6.07, 6.45) is 1.75. The SMILES string of the molecule is CCNCc1cc(F)ccc1-c1ccnn1C. The standard InChI is InChI=1S/C13H16FN3/c1-3-15-9-10-8-11(14)4-5-12(10)13-6-7-16-17(13)2/h4-8,15H,3,9H2,1-2H3. The predicted octanol–water partition coefficient (Wildman–Crippen LogP) is 2.34. The van der Waals surface area contributed by atoms with Crippen LogP contribution < -0.4 is 5.32 Å². The first-order valence-corrected chi connectivity index (χ1v) is 5.70. The Morgan fingerprint density at radius 1 is 1.35 bits per heavy atom. The number of benzene rings is 1. The van der Waals surface area contributed by atoms with E-state index in [0.717, 1.165) is 23.4 Å². The second kappa shape index (κ2) is 5.10. The summed E-state index contributed by atoms with van der Waals surface area (Å²) in [5.41, 5.74) is 2.97. The molecule has 1 aromatic carbocycles. The highest BCUT2D eigenvalue weighted by molar-refractivity contribution is 5.63. The first-order chi connectivity index (χ1) is 8.22. The molecule has 17 heavy (non-hydrogen) atoms. The van der Waals surface area contributed by atoms with Gasteiger partial charge in [-0.25, -0.2) is 4.39 Å². The fraction of sp³-hybridized carbons (Fsp3) is 0.308. The predicted molar refractivity (Wildman–Crippen MR) is 66.0 cm³/mol. The van der Waals surface area contributed by atoms with Crippen molar-refractivity contribution in [1.82, 2.24) is 15.1 Å². The average molecular weight is 233 g/mol. The maximum absolute atomic E-state index is 13.3. The largest absolute Gasteiger partial charge is 0.313 e. The van der Waals surface area contributed by atoms with E-state index in [1.165, 1.54) is 6.07 Å². The number of rotatable bonds is 4. The molecule has 1 N–H and O–H groups in total. The Hall–Kier alpha value is -1.68. The van der Waals surface area contributed by atoms with Gasteiger partial charge in [0.2, 0.25) is 0 Å². The van der Waals surface area contributed by atoms with E-state index in [4.69, 9.17) is 0 Å². The fourth-order valence-corrected chi connectivity index (χ4v) is 1.86. The van der Waals surface area contributed by atoms with Crippen LogP contribution in [0.5, 0.6) is 0 Å². The maximum atomic E-state index is 13.3. The Kier molecular flexibility index (Phi) is 3.54. The molecule has 0 saturated carbocycles. The van der Waals surface area contributed by atoms with Crippen molar-refractivity contribution < 1.29 is 4.39 Å². The van der Waals surface area contributed by atoms with Gasteiger partial charge < -0.3 is 5.32 Å². The number of aryl methyl sites for hydroxylation is 1. The highest BCUT2D eigenvalue weighted by Crippen LogP contribution is 2.23. The lowest BCUT2D eigenvalue weighted by Gasteiger charge is -2.10. The van der Waals surface area contributed by atoms with Crippen molar-refractivity contribution in [2.75, 3.05) is 6.54 Å².